The summed E-state index contributed by atoms with van der Waals surface area (Å²) >= 11 is 0. The molecule has 0 bridgehead atoms. The van der Waals surface area contributed by atoms with Gasteiger partial charge in [-0.05, 0) is 18.1 Å². The molecule has 76 valence electrons. The molecular formula is C11H14O3. The molecule has 0 aliphatic rings. The third-order valence-electron chi connectivity index (χ3n) is 1.67. The normalized spacial score (nSPS) is 10.2. The maximum atomic E-state index is 11.4. The molecule has 0 fully saturated rings. The zero-order chi connectivity index (χ0) is 10.6. The van der Waals surface area contributed by atoms with Gasteiger partial charge < -0.3 is 9.84 Å². The van der Waals surface area contributed by atoms with Crippen molar-refractivity contribution in [3.05, 3.63) is 29.8 Å². The number of hydrogen-bond acceptors (Lipinski definition) is 3. The number of aromatic hydroxyl groups is 1. The van der Waals surface area contributed by atoms with Crippen LogP contribution in [0.25, 0.3) is 0 Å². The van der Waals surface area contributed by atoms with Gasteiger partial charge in [0.05, 0.1) is 6.61 Å². The molecule has 0 radical (unpaired) electrons. The number of phenols is 1. The van der Waals surface area contributed by atoms with Gasteiger partial charge in [-0.3, -0.25) is 0 Å². The van der Waals surface area contributed by atoms with Crippen LogP contribution >= 0.6 is 0 Å². The second kappa shape index (κ2) is 4.65. The summed E-state index contributed by atoms with van der Waals surface area (Å²) in [6, 6.07) is 6.35. The Morgan fingerprint density at radius 1 is 1.43 bits per heavy atom. The van der Waals surface area contributed by atoms with Gasteiger partial charge in [-0.2, -0.15) is 0 Å². The van der Waals surface area contributed by atoms with Crippen LogP contribution in [0.1, 0.15) is 24.2 Å². The molecule has 0 aliphatic carbocycles. The summed E-state index contributed by atoms with van der Waals surface area (Å²) < 4.78 is 4.97. The van der Waals surface area contributed by atoms with Gasteiger partial charge in [0.15, 0.2) is 0 Å². The van der Waals surface area contributed by atoms with E-state index in [4.69, 9.17) is 4.74 Å². The lowest BCUT2D eigenvalue weighted by molar-refractivity contribution is 0.0455. The molecule has 3 heteroatoms. The Hall–Kier alpha value is -1.51. The monoisotopic (exact) mass is 194 g/mol. The molecule has 1 N–H and O–H groups in total. The quantitative estimate of drug-likeness (QED) is 0.750. The van der Waals surface area contributed by atoms with Gasteiger partial charge in [-0.25, -0.2) is 4.79 Å². The summed E-state index contributed by atoms with van der Waals surface area (Å²) in [5, 5.41) is 9.35. The molecule has 0 atom stereocenters. The molecule has 0 heterocycles. The lowest BCUT2D eigenvalue weighted by atomic mass is 10.2. The summed E-state index contributed by atoms with van der Waals surface area (Å²) in [6.45, 7) is 4.28. The van der Waals surface area contributed by atoms with E-state index in [1.165, 1.54) is 12.1 Å². The topological polar surface area (TPSA) is 46.5 Å². The van der Waals surface area contributed by atoms with Crippen LogP contribution in [0.15, 0.2) is 24.3 Å². The highest BCUT2D eigenvalue weighted by Crippen LogP contribution is 2.16. The standard InChI is InChI=1S/C11H14O3/c1-8(2)7-14-11(13)9-5-3-4-6-10(9)12/h3-6,8,12H,7H2,1-2H3. The molecule has 3 nitrogen and oxygen atoms in total. The molecule has 0 saturated heterocycles. The van der Waals surface area contributed by atoms with Crippen molar-refractivity contribution in [2.24, 2.45) is 5.92 Å². The van der Waals surface area contributed by atoms with Gasteiger partial charge in [-0.15, -0.1) is 0 Å². The first-order chi connectivity index (χ1) is 6.61. The highest BCUT2D eigenvalue weighted by Gasteiger charge is 2.11. The van der Waals surface area contributed by atoms with Crippen LogP contribution in [0.5, 0.6) is 5.75 Å². The zero-order valence-electron chi connectivity index (χ0n) is 8.36. The number of carbonyl (C=O) groups excluding carboxylic acids is 1. The van der Waals surface area contributed by atoms with Crippen LogP contribution < -0.4 is 0 Å². The Balaban J connectivity index is 2.65. The van der Waals surface area contributed by atoms with E-state index in [0.29, 0.717) is 12.5 Å². The van der Waals surface area contributed by atoms with Crippen LogP contribution in [0.3, 0.4) is 0 Å². The summed E-state index contributed by atoms with van der Waals surface area (Å²) in [7, 11) is 0. The van der Waals surface area contributed by atoms with Crippen LogP contribution in [0.2, 0.25) is 0 Å². The van der Waals surface area contributed by atoms with Gasteiger partial charge in [0.1, 0.15) is 11.3 Å². The van der Waals surface area contributed by atoms with Crippen molar-refractivity contribution in [2.75, 3.05) is 6.61 Å². The van der Waals surface area contributed by atoms with Crippen molar-refractivity contribution in [2.45, 2.75) is 13.8 Å². The molecular weight excluding hydrogens is 180 g/mol. The summed E-state index contributed by atoms with van der Waals surface area (Å²) in [4.78, 5) is 11.4. The lowest BCUT2D eigenvalue weighted by Gasteiger charge is -2.07. The Labute approximate surface area is 83.3 Å². The predicted molar refractivity (Wildman–Crippen MR) is 53.2 cm³/mol. The highest BCUT2D eigenvalue weighted by molar-refractivity contribution is 5.92. The zero-order valence-corrected chi connectivity index (χ0v) is 8.36. The smallest absolute Gasteiger partial charge is 0.341 e. The maximum absolute atomic E-state index is 11.4. The molecule has 0 amide bonds. The molecule has 1 aromatic carbocycles. The number of hydrogen-bond donors (Lipinski definition) is 1. The molecule has 1 aromatic rings. The van der Waals surface area contributed by atoms with E-state index in [9.17, 15) is 9.90 Å². The highest BCUT2D eigenvalue weighted by atomic mass is 16.5. The van der Waals surface area contributed by atoms with E-state index in [0.717, 1.165) is 0 Å². The summed E-state index contributed by atoms with van der Waals surface area (Å²) in [5.41, 5.74) is 0.216. The van der Waals surface area contributed by atoms with Crippen molar-refractivity contribution < 1.29 is 14.6 Å². The number of rotatable bonds is 3. The fraction of sp³-hybridized carbons (Fsp3) is 0.364. The van der Waals surface area contributed by atoms with Crippen LogP contribution in [-0.2, 0) is 4.74 Å². The number of carbonyl (C=O) groups is 1. The third kappa shape index (κ3) is 2.76. The molecule has 0 spiro atoms. The van der Waals surface area contributed by atoms with Crippen molar-refractivity contribution in [3.8, 4) is 5.75 Å². The Morgan fingerprint density at radius 2 is 2.07 bits per heavy atom. The molecule has 0 unspecified atom stereocenters. The second-order valence-corrected chi connectivity index (χ2v) is 3.51. The number of esters is 1. The second-order valence-electron chi connectivity index (χ2n) is 3.51. The molecule has 0 aromatic heterocycles. The minimum Gasteiger partial charge on any atom is -0.507 e. The Kier molecular flexibility index (Phi) is 3.51. The summed E-state index contributed by atoms with van der Waals surface area (Å²) in [5.74, 6) is -0.220. The number of ether oxygens (including phenoxy) is 1. The molecule has 0 aliphatic heterocycles. The molecule has 0 saturated carbocycles. The third-order valence-corrected chi connectivity index (χ3v) is 1.67. The van der Waals surface area contributed by atoms with Crippen molar-refractivity contribution in [1.29, 1.82) is 0 Å². The first-order valence-corrected chi connectivity index (χ1v) is 4.56. The van der Waals surface area contributed by atoms with E-state index in [1.807, 2.05) is 13.8 Å². The Bertz CT molecular complexity index is 318. The van der Waals surface area contributed by atoms with Crippen LogP contribution in [0.4, 0.5) is 0 Å². The van der Waals surface area contributed by atoms with Gasteiger partial charge in [-0.1, -0.05) is 26.0 Å². The number of para-hydroxylation sites is 1. The fourth-order valence-corrected chi connectivity index (χ4v) is 0.966. The average Bonchev–Trinajstić information content (AvgIpc) is 2.15. The summed E-state index contributed by atoms with van der Waals surface area (Å²) in [6.07, 6.45) is 0. The first-order valence-electron chi connectivity index (χ1n) is 4.56. The van der Waals surface area contributed by atoms with Crippen molar-refractivity contribution in [3.63, 3.8) is 0 Å². The van der Waals surface area contributed by atoms with E-state index in [2.05, 4.69) is 0 Å². The Morgan fingerprint density at radius 3 is 2.64 bits per heavy atom. The first kappa shape index (κ1) is 10.6. The van der Waals surface area contributed by atoms with Crippen LogP contribution in [-0.4, -0.2) is 17.7 Å². The predicted octanol–water partition coefficient (Wildman–Crippen LogP) is 2.21. The fourth-order valence-electron chi connectivity index (χ4n) is 0.966. The van der Waals surface area contributed by atoms with E-state index >= 15 is 0 Å². The van der Waals surface area contributed by atoms with E-state index < -0.39 is 5.97 Å². The van der Waals surface area contributed by atoms with Gasteiger partial charge >= 0.3 is 5.97 Å². The van der Waals surface area contributed by atoms with Crippen LogP contribution in [0, 0.1) is 5.92 Å². The molecule has 1 rings (SSSR count). The minimum absolute atomic E-state index is 0.0405. The minimum atomic E-state index is -0.475. The van der Waals surface area contributed by atoms with Gasteiger partial charge in [0.2, 0.25) is 0 Å². The maximum Gasteiger partial charge on any atom is 0.341 e. The lowest BCUT2D eigenvalue weighted by Crippen LogP contribution is -2.10. The van der Waals surface area contributed by atoms with Crippen molar-refractivity contribution in [1.82, 2.24) is 0 Å². The number of phenolic OH excluding ortho intramolecular Hbond substituents is 1. The largest absolute Gasteiger partial charge is 0.507 e. The molecule has 14 heavy (non-hydrogen) atoms. The van der Waals surface area contributed by atoms with E-state index in [-0.39, 0.29) is 11.3 Å². The van der Waals surface area contributed by atoms with Gasteiger partial charge in [0.25, 0.3) is 0 Å². The van der Waals surface area contributed by atoms with Crippen molar-refractivity contribution >= 4 is 5.97 Å². The van der Waals surface area contributed by atoms with Gasteiger partial charge in [0, 0.05) is 0 Å². The van der Waals surface area contributed by atoms with E-state index in [1.54, 1.807) is 12.1 Å². The average molecular weight is 194 g/mol. The SMILES string of the molecule is CC(C)COC(=O)c1ccccc1O. The number of benzene rings is 1.